The van der Waals surface area contributed by atoms with E-state index in [9.17, 15) is 9.18 Å². The monoisotopic (exact) mass is 339 g/mol. The van der Waals surface area contributed by atoms with Crippen molar-refractivity contribution in [2.45, 2.75) is 0 Å². The Morgan fingerprint density at radius 1 is 1.17 bits per heavy atom. The summed E-state index contributed by atoms with van der Waals surface area (Å²) in [6.07, 6.45) is 1.53. The molecule has 0 fully saturated rings. The molecule has 4 aromatic rings. The molecule has 1 N–H and O–H groups in total. The number of anilines is 1. The van der Waals surface area contributed by atoms with Crippen molar-refractivity contribution in [3.63, 3.8) is 0 Å². The summed E-state index contributed by atoms with van der Waals surface area (Å²) in [4.78, 5) is 12.9. The Kier molecular flexibility index (Phi) is 3.51. The highest BCUT2D eigenvalue weighted by Gasteiger charge is 2.12. The third-order valence-electron chi connectivity index (χ3n) is 3.37. The topological polar surface area (TPSA) is 72.2 Å². The van der Waals surface area contributed by atoms with E-state index < -0.39 is 11.7 Å². The molecule has 0 radical (unpaired) electrons. The minimum absolute atomic E-state index is 0.00157. The van der Waals surface area contributed by atoms with Gasteiger partial charge in [0.2, 0.25) is 4.96 Å². The summed E-state index contributed by atoms with van der Waals surface area (Å²) < 4.78 is 15.3. The van der Waals surface area contributed by atoms with Crippen molar-refractivity contribution in [2.75, 3.05) is 5.32 Å². The van der Waals surface area contributed by atoms with Gasteiger partial charge >= 0.3 is 0 Å². The first-order chi connectivity index (χ1) is 11.7. The number of carbonyl (C=O) groups excluding carboxylic acids is 1. The van der Waals surface area contributed by atoms with E-state index in [1.807, 2.05) is 6.07 Å². The van der Waals surface area contributed by atoms with Crippen molar-refractivity contribution in [1.82, 2.24) is 19.8 Å². The number of nitrogens with zero attached hydrogens (tertiary/aromatic N) is 4. The molecule has 8 heteroatoms. The molecule has 0 aliphatic heterocycles. The van der Waals surface area contributed by atoms with Crippen LogP contribution < -0.4 is 5.32 Å². The standard InChI is InChI=1S/C16H10FN5OS/c17-13-7-2-1-6-12(13)14(23)19-11-5-3-4-10(8-11)15-21-22-9-18-20-16(22)24-15/h1-9H,(H,19,23). The second-order valence-corrected chi connectivity index (χ2v) is 5.94. The number of hydrogen-bond donors (Lipinski definition) is 1. The highest BCUT2D eigenvalue weighted by molar-refractivity contribution is 7.19. The predicted molar refractivity (Wildman–Crippen MR) is 88.4 cm³/mol. The van der Waals surface area contributed by atoms with Crippen LogP contribution >= 0.6 is 11.3 Å². The molecule has 2 aromatic heterocycles. The van der Waals surface area contributed by atoms with Crippen molar-refractivity contribution >= 4 is 27.9 Å². The van der Waals surface area contributed by atoms with Crippen LogP contribution in [0.3, 0.4) is 0 Å². The summed E-state index contributed by atoms with van der Waals surface area (Å²) >= 11 is 1.39. The summed E-state index contributed by atoms with van der Waals surface area (Å²) in [5.41, 5.74) is 1.39. The Morgan fingerprint density at radius 2 is 2.04 bits per heavy atom. The fourth-order valence-corrected chi connectivity index (χ4v) is 3.07. The molecule has 4 rings (SSSR count). The van der Waals surface area contributed by atoms with Crippen LogP contribution in [0.2, 0.25) is 0 Å². The van der Waals surface area contributed by atoms with Gasteiger partial charge in [0.15, 0.2) is 0 Å². The quantitative estimate of drug-likeness (QED) is 0.622. The van der Waals surface area contributed by atoms with Crippen LogP contribution in [0.1, 0.15) is 10.4 Å². The van der Waals surface area contributed by atoms with Gasteiger partial charge in [-0.3, -0.25) is 4.79 Å². The number of hydrogen-bond acceptors (Lipinski definition) is 5. The molecular weight excluding hydrogens is 329 g/mol. The third kappa shape index (κ3) is 2.63. The number of fused-ring (bicyclic) bond motifs is 1. The molecule has 0 saturated carbocycles. The van der Waals surface area contributed by atoms with Gasteiger partial charge in [-0.05, 0) is 24.3 Å². The van der Waals surface area contributed by atoms with Crippen LogP contribution in [0.5, 0.6) is 0 Å². The van der Waals surface area contributed by atoms with Crippen LogP contribution in [0, 0.1) is 5.82 Å². The lowest BCUT2D eigenvalue weighted by molar-refractivity contribution is 0.102. The minimum Gasteiger partial charge on any atom is -0.322 e. The van der Waals surface area contributed by atoms with Gasteiger partial charge in [0, 0.05) is 11.3 Å². The first-order valence-corrected chi connectivity index (χ1v) is 7.85. The number of rotatable bonds is 3. The molecule has 0 aliphatic carbocycles. The second-order valence-electron chi connectivity index (χ2n) is 4.98. The van der Waals surface area contributed by atoms with E-state index in [-0.39, 0.29) is 5.56 Å². The molecule has 24 heavy (non-hydrogen) atoms. The Bertz CT molecular complexity index is 1010. The van der Waals surface area contributed by atoms with Gasteiger partial charge < -0.3 is 5.32 Å². The van der Waals surface area contributed by atoms with Gasteiger partial charge in [0.1, 0.15) is 17.2 Å². The first-order valence-electron chi connectivity index (χ1n) is 7.04. The number of nitrogens with one attached hydrogen (secondary N) is 1. The zero-order valence-electron chi connectivity index (χ0n) is 12.2. The molecule has 2 aromatic carbocycles. The average molecular weight is 339 g/mol. The van der Waals surface area contributed by atoms with Crippen molar-refractivity contribution in [3.05, 3.63) is 66.2 Å². The third-order valence-corrected chi connectivity index (χ3v) is 4.33. The average Bonchev–Trinajstić information content (AvgIpc) is 3.17. The Hall–Kier alpha value is -3.13. The summed E-state index contributed by atoms with van der Waals surface area (Å²) in [5, 5.41) is 15.5. The van der Waals surface area contributed by atoms with Gasteiger partial charge in [-0.1, -0.05) is 35.6 Å². The molecule has 0 saturated heterocycles. The summed E-state index contributed by atoms with van der Waals surface area (Å²) in [6.45, 7) is 0. The molecule has 0 spiro atoms. The van der Waals surface area contributed by atoms with Gasteiger partial charge in [-0.2, -0.15) is 9.61 Å². The molecule has 0 bridgehead atoms. The molecule has 0 aliphatic rings. The van der Waals surface area contributed by atoms with Crippen molar-refractivity contribution in [2.24, 2.45) is 0 Å². The van der Waals surface area contributed by atoms with Crippen molar-refractivity contribution in [1.29, 1.82) is 0 Å². The summed E-state index contributed by atoms with van der Waals surface area (Å²) in [6, 6.07) is 13.1. The predicted octanol–water partition coefficient (Wildman–Crippen LogP) is 3.24. The van der Waals surface area contributed by atoms with Crippen molar-refractivity contribution < 1.29 is 9.18 Å². The Balaban J connectivity index is 1.62. The molecule has 1 amide bonds. The van der Waals surface area contributed by atoms with E-state index in [1.54, 1.807) is 34.8 Å². The van der Waals surface area contributed by atoms with Gasteiger partial charge in [0.05, 0.1) is 5.56 Å². The second kappa shape index (κ2) is 5.82. The van der Waals surface area contributed by atoms with E-state index >= 15 is 0 Å². The van der Waals surface area contributed by atoms with Gasteiger partial charge in [0.25, 0.3) is 5.91 Å². The number of carbonyl (C=O) groups is 1. The van der Waals surface area contributed by atoms with Gasteiger partial charge in [-0.15, -0.1) is 10.2 Å². The maximum Gasteiger partial charge on any atom is 0.258 e. The lowest BCUT2D eigenvalue weighted by atomic mass is 10.1. The van der Waals surface area contributed by atoms with E-state index in [1.165, 1.54) is 29.8 Å². The molecule has 0 atom stereocenters. The normalized spacial score (nSPS) is 10.9. The van der Waals surface area contributed by atoms with E-state index in [0.717, 1.165) is 10.6 Å². The zero-order chi connectivity index (χ0) is 16.5. The summed E-state index contributed by atoms with van der Waals surface area (Å²) in [7, 11) is 0. The number of amides is 1. The SMILES string of the molecule is O=C(Nc1cccc(-c2nn3cnnc3s2)c1)c1ccccc1F. The molecule has 0 unspecified atom stereocenters. The van der Waals surface area contributed by atoms with Crippen LogP contribution in [0.15, 0.2) is 54.9 Å². The molecular formula is C16H10FN5OS. The van der Waals surface area contributed by atoms with Gasteiger partial charge in [-0.25, -0.2) is 4.39 Å². The fourth-order valence-electron chi connectivity index (χ4n) is 2.25. The van der Waals surface area contributed by atoms with Crippen molar-refractivity contribution in [3.8, 4) is 10.6 Å². The number of benzene rings is 2. The van der Waals surface area contributed by atoms with Crippen LogP contribution in [-0.2, 0) is 0 Å². The molecule has 118 valence electrons. The van der Waals surface area contributed by atoms with Crippen LogP contribution in [0.4, 0.5) is 10.1 Å². The van der Waals surface area contributed by atoms with E-state index in [2.05, 4.69) is 20.6 Å². The lowest BCUT2D eigenvalue weighted by Crippen LogP contribution is -2.13. The molecule has 6 nitrogen and oxygen atoms in total. The van der Waals surface area contributed by atoms with Crippen LogP contribution in [-0.4, -0.2) is 25.7 Å². The Labute approximate surface area is 139 Å². The van der Waals surface area contributed by atoms with E-state index in [0.29, 0.717) is 10.6 Å². The van der Waals surface area contributed by atoms with E-state index in [4.69, 9.17) is 0 Å². The number of aromatic nitrogens is 4. The highest BCUT2D eigenvalue weighted by atomic mass is 32.1. The number of halogens is 1. The minimum atomic E-state index is -0.556. The maximum atomic E-state index is 13.7. The van der Waals surface area contributed by atoms with Crippen LogP contribution in [0.25, 0.3) is 15.5 Å². The fraction of sp³-hybridized carbons (Fsp3) is 0. The summed E-state index contributed by atoms with van der Waals surface area (Å²) in [5.74, 6) is -1.05. The first kappa shape index (κ1) is 14.5. The zero-order valence-corrected chi connectivity index (χ0v) is 13.0. The smallest absolute Gasteiger partial charge is 0.258 e. The largest absolute Gasteiger partial charge is 0.322 e. The lowest BCUT2D eigenvalue weighted by Gasteiger charge is -2.07. The maximum absolute atomic E-state index is 13.7. The highest BCUT2D eigenvalue weighted by Crippen LogP contribution is 2.27. The molecule has 2 heterocycles. The Morgan fingerprint density at radius 3 is 2.88 bits per heavy atom.